The fourth-order valence-corrected chi connectivity index (χ4v) is 1.93. The van der Waals surface area contributed by atoms with Gasteiger partial charge in [-0.25, -0.2) is 0 Å². The van der Waals surface area contributed by atoms with Gasteiger partial charge in [-0.15, -0.1) is 0 Å². The molecule has 0 radical (unpaired) electrons. The first-order valence-electron chi connectivity index (χ1n) is 5.33. The highest BCUT2D eigenvalue weighted by Crippen LogP contribution is 2.15. The Hall–Kier alpha value is -1.68. The highest BCUT2D eigenvalue weighted by Gasteiger charge is 2.10. The smallest absolute Gasteiger partial charge is 0.0995 e. The van der Waals surface area contributed by atoms with Gasteiger partial charge in [-0.05, 0) is 25.8 Å². The molecule has 1 aromatic carbocycles. The van der Waals surface area contributed by atoms with E-state index in [-0.39, 0.29) is 6.04 Å². The molecule has 1 unspecified atom stereocenters. The topological polar surface area (TPSA) is 67.6 Å². The van der Waals surface area contributed by atoms with Gasteiger partial charge in [0.2, 0.25) is 0 Å². The van der Waals surface area contributed by atoms with Gasteiger partial charge in [-0.3, -0.25) is 0 Å². The molecule has 0 spiro atoms. The Labute approximate surface area is 94.9 Å². The van der Waals surface area contributed by atoms with Crippen molar-refractivity contribution < 1.29 is 0 Å². The number of rotatable bonds is 3. The van der Waals surface area contributed by atoms with Gasteiger partial charge in [-0.2, -0.15) is 15.4 Å². The van der Waals surface area contributed by atoms with Gasteiger partial charge < -0.3 is 5.73 Å². The van der Waals surface area contributed by atoms with Gasteiger partial charge >= 0.3 is 0 Å². The van der Waals surface area contributed by atoms with E-state index < -0.39 is 0 Å². The molecule has 0 saturated carbocycles. The van der Waals surface area contributed by atoms with Crippen LogP contribution in [0.3, 0.4) is 0 Å². The van der Waals surface area contributed by atoms with Crippen LogP contribution in [0.1, 0.15) is 28.4 Å². The molecule has 1 heterocycles. The van der Waals surface area contributed by atoms with E-state index in [2.05, 4.69) is 47.5 Å². The first-order chi connectivity index (χ1) is 7.65. The van der Waals surface area contributed by atoms with E-state index in [4.69, 9.17) is 5.73 Å². The van der Waals surface area contributed by atoms with E-state index in [9.17, 15) is 0 Å². The number of nitrogens with one attached hydrogen (secondary N) is 1. The number of aryl methyl sites for hydroxylation is 2. The van der Waals surface area contributed by atoms with Crippen LogP contribution >= 0.6 is 0 Å². The summed E-state index contributed by atoms with van der Waals surface area (Å²) in [5.41, 5.74) is 10.6. The summed E-state index contributed by atoms with van der Waals surface area (Å²) in [5, 5.41) is 10.3. The maximum absolute atomic E-state index is 6.05. The number of aromatic nitrogens is 3. The third kappa shape index (κ3) is 2.46. The molecule has 84 valence electrons. The van der Waals surface area contributed by atoms with Gasteiger partial charge in [0, 0.05) is 0 Å². The van der Waals surface area contributed by atoms with Crippen molar-refractivity contribution in [2.24, 2.45) is 5.73 Å². The second kappa shape index (κ2) is 4.45. The van der Waals surface area contributed by atoms with Gasteiger partial charge in [0.25, 0.3) is 0 Å². The summed E-state index contributed by atoms with van der Waals surface area (Å²) in [4.78, 5) is 0. The number of H-pyrrole nitrogens is 1. The lowest BCUT2D eigenvalue weighted by atomic mass is 10.0. The van der Waals surface area contributed by atoms with Crippen LogP contribution in [0.5, 0.6) is 0 Å². The monoisotopic (exact) mass is 216 g/mol. The minimum atomic E-state index is -0.0973. The Morgan fingerprint density at radius 1 is 1.25 bits per heavy atom. The average Bonchev–Trinajstić information content (AvgIpc) is 2.68. The van der Waals surface area contributed by atoms with E-state index in [0.717, 1.165) is 12.1 Å². The van der Waals surface area contributed by atoms with Crippen molar-refractivity contribution in [2.45, 2.75) is 26.3 Å². The van der Waals surface area contributed by atoms with Crippen molar-refractivity contribution in [3.05, 3.63) is 46.8 Å². The van der Waals surface area contributed by atoms with Crippen LogP contribution in [0.25, 0.3) is 0 Å². The third-order valence-corrected chi connectivity index (χ3v) is 2.55. The van der Waals surface area contributed by atoms with Crippen LogP contribution in [-0.2, 0) is 6.42 Å². The molecule has 0 bridgehead atoms. The zero-order chi connectivity index (χ0) is 11.5. The van der Waals surface area contributed by atoms with Crippen molar-refractivity contribution in [3.63, 3.8) is 0 Å². The van der Waals surface area contributed by atoms with Crippen molar-refractivity contribution >= 4 is 0 Å². The molecule has 2 aromatic rings. The van der Waals surface area contributed by atoms with Crippen molar-refractivity contribution in [1.29, 1.82) is 0 Å². The van der Waals surface area contributed by atoms with E-state index in [1.165, 1.54) is 16.7 Å². The minimum Gasteiger partial charge on any atom is -0.322 e. The molecule has 0 saturated heterocycles. The minimum absolute atomic E-state index is 0.0973. The Morgan fingerprint density at radius 2 is 1.94 bits per heavy atom. The molecule has 0 aliphatic rings. The molecular weight excluding hydrogens is 200 g/mol. The summed E-state index contributed by atoms with van der Waals surface area (Å²) in [6, 6.07) is 6.38. The van der Waals surface area contributed by atoms with E-state index in [0.29, 0.717) is 0 Å². The lowest BCUT2D eigenvalue weighted by Crippen LogP contribution is -2.14. The second-order valence-corrected chi connectivity index (χ2v) is 4.20. The molecule has 0 amide bonds. The van der Waals surface area contributed by atoms with E-state index >= 15 is 0 Å². The number of hydrogen-bond acceptors (Lipinski definition) is 3. The number of benzene rings is 1. The van der Waals surface area contributed by atoms with Crippen molar-refractivity contribution in [2.75, 3.05) is 0 Å². The zero-order valence-corrected chi connectivity index (χ0v) is 9.57. The summed E-state index contributed by atoms with van der Waals surface area (Å²) in [5.74, 6) is 0. The highest BCUT2D eigenvalue weighted by molar-refractivity contribution is 5.29. The molecule has 0 aliphatic heterocycles. The molecule has 4 heteroatoms. The third-order valence-electron chi connectivity index (χ3n) is 2.55. The standard InChI is InChI=1S/C12H16N4/c1-8-3-9(2)5-10(4-8)6-11(13)12-7-14-16-15-12/h3-5,7,11H,6,13H2,1-2H3,(H,14,15,16). The van der Waals surface area contributed by atoms with Crippen molar-refractivity contribution in [3.8, 4) is 0 Å². The molecule has 0 fully saturated rings. The summed E-state index contributed by atoms with van der Waals surface area (Å²) in [7, 11) is 0. The first-order valence-corrected chi connectivity index (χ1v) is 5.33. The fourth-order valence-electron chi connectivity index (χ4n) is 1.93. The summed E-state index contributed by atoms with van der Waals surface area (Å²) >= 11 is 0. The predicted octanol–water partition coefficient (Wildman–Crippen LogP) is 1.66. The molecule has 2 rings (SSSR count). The summed E-state index contributed by atoms with van der Waals surface area (Å²) in [6.45, 7) is 4.19. The zero-order valence-electron chi connectivity index (χ0n) is 9.57. The maximum atomic E-state index is 6.05. The van der Waals surface area contributed by atoms with Gasteiger partial charge in [-0.1, -0.05) is 29.3 Å². The predicted molar refractivity (Wildman–Crippen MR) is 62.9 cm³/mol. The Morgan fingerprint density at radius 3 is 2.50 bits per heavy atom. The quantitative estimate of drug-likeness (QED) is 0.820. The largest absolute Gasteiger partial charge is 0.322 e. The van der Waals surface area contributed by atoms with Gasteiger partial charge in [0.15, 0.2) is 0 Å². The van der Waals surface area contributed by atoms with Crippen LogP contribution in [0.2, 0.25) is 0 Å². The lowest BCUT2D eigenvalue weighted by molar-refractivity contribution is 0.690. The number of nitrogens with zero attached hydrogens (tertiary/aromatic N) is 2. The molecule has 1 atom stereocenters. The molecule has 16 heavy (non-hydrogen) atoms. The lowest BCUT2D eigenvalue weighted by Gasteiger charge is -2.09. The molecule has 1 aromatic heterocycles. The SMILES string of the molecule is Cc1cc(C)cc(CC(N)c2cn[nH]n2)c1. The number of nitrogens with two attached hydrogens (primary N) is 1. The molecule has 3 N–H and O–H groups in total. The summed E-state index contributed by atoms with van der Waals surface area (Å²) < 4.78 is 0. The number of hydrogen-bond donors (Lipinski definition) is 2. The first kappa shape index (κ1) is 10.8. The van der Waals surface area contributed by atoms with Crippen molar-refractivity contribution in [1.82, 2.24) is 15.4 Å². The average molecular weight is 216 g/mol. The fraction of sp³-hybridized carbons (Fsp3) is 0.333. The summed E-state index contributed by atoms with van der Waals surface area (Å²) in [6.07, 6.45) is 2.46. The van der Waals surface area contributed by atoms with Crippen LogP contribution in [0.15, 0.2) is 24.4 Å². The van der Waals surface area contributed by atoms with E-state index in [1.54, 1.807) is 6.20 Å². The van der Waals surface area contributed by atoms with Crippen LogP contribution in [0.4, 0.5) is 0 Å². The molecule has 4 nitrogen and oxygen atoms in total. The van der Waals surface area contributed by atoms with Gasteiger partial charge in [0.1, 0.15) is 0 Å². The van der Waals surface area contributed by atoms with Gasteiger partial charge in [0.05, 0.1) is 17.9 Å². The second-order valence-electron chi connectivity index (χ2n) is 4.20. The number of aromatic amines is 1. The maximum Gasteiger partial charge on any atom is 0.0995 e. The Balaban J connectivity index is 2.15. The van der Waals surface area contributed by atoms with Crippen LogP contribution < -0.4 is 5.73 Å². The molecule has 0 aliphatic carbocycles. The normalized spacial score (nSPS) is 12.7. The Bertz CT molecular complexity index is 442. The van der Waals surface area contributed by atoms with E-state index in [1.807, 2.05) is 0 Å². The molecular formula is C12H16N4. The van der Waals surface area contributed by atoms with Crippen LogP contribution in [-0.4, -0.2) is 15.4 Å². The Kier molecular flexibility index (Phi) is 3.01. The van der Waals surface area contributed by atoms with Crippen LogP contribution in [0, 0.1) is 13.8 Å². The highest BCUT2D eigenvalue weighted by atomic mass is 15.3.